The number of amides is 2. The van der Waals surface area contributed by atoms with Gasteiger partial charge in [0, 0.05) is 37.3 Å². The average Bonchev–Trinajstić information content (AvgIpc) is 3.25. The maximum atomic E-state index is 13.1. The van der Waals surface area contributed by atoms with Crippen molar-refractivity contribution in [3.8, 4) is 0 Å². The van der Waals surface area contributed by atoms with Crippen LogP contribution in [0.2, 0.25) is 0 Å². The van der Waals surface area contributed by atoms with Crippen LogP contribution in [-0.2, 0) is 26.2 Å². The fraction of sp³-hybridized carbons (Fsp3) is 0.677. The average molecular weight is 614 g/mol. The molecular weight excluding hydrogens is 566 g/mol. The van der Waals surface area contributed by atoms with E-state index in [-0.39, 0.29) is 46.0 Å². The Morgan fingerprint density at radius 1 is 0.977 bits per heavy atom. The molecule has 2 amide bonds. The van der Waals surface area contributed by atoms with E-state index in [1.54, 1.807) is 18.5 Å². The number of carbonyl (C=O) groups is 2. The minimum Gasteiger partial charge on any atom is -0.353 e. The highest BCUT2D eigenvalue weighted by Gasteiger charge is 2.30. The first-order chi connectivity index (χ1) is 20.0. The third-order valence-electron chi connectivity index (χ3n) is 7.82. The van der Waals surface area contributed by atoms with Crippen LogP contribution in [0.4, 0.5) is 5.95 Å². The molecule has 1 unspecified atom stereocenters. The summed E-state index contributed by atoms with van der Waals surface area (Å²) in [6.07, 6.45) is 10.6. The zero-order valence-electron chi connectivity index (χ0n) is 26.6. The van der Waals surface area contributed by atoms with Crippen LogP contribution in [0.5, 0.6) is 0 Å². The van der Waals surface area contributed by atoms with Gasteiger partial charge in [-0.05, 0) is 67.3 Å². The Hall–Kier alpha value is -3.15. The van der Waals surface area contributed by atoms with Gasteiger partial charge in [-0.3, -0.25) is 9.59 Å². The quantitative estimate of drug-likeness (QED) is 0.415. The van der Waals surface area contributed by atoms with Crippen molar-refractivity contribution >= 4 is 44.5 Å². The summed E-state index contributed by atoms with van der Waals surface area (Å²) in [6.45, 7) is 14.4. The van der Waals surface area contributed by atoms with Crippen molar-refractivity contribution in [2.75, 3.05) is 0 Å². The van der Waals surface area contributed by atoms with Gasteiger partial charge >= 0.3 is 0 Å². The van der Waals surface area contributed by atoms with Crippen LogP contribution in [0.25, 0.3) is 11.0 Å². The summed E-state index contributed by atoms with van der Waals surface area (Å²) in [5, 5.41) is 8.57. The SMILES string of the molecule is CC1CCC(=Nc2ncc3cnn(CC4CCC(NC(=O)CC(C)(C)C)CC4)c3n2)C=C1S(=O)(=O)NC(=O)CC(C)(C)C. The normalized spacial score (nSPS) is 22.8. The van der Waals surface area contributed by atoms with Crippen molar-refractivity contribution in [1.82, 2.24) is 29.8 Å². The number of hydrogen-bond donors (Lipinski definition) is 2. The maximum absolute atomic E-state index is 13.1. The van der Waals surface area contributed by atoms with Crippen LogP contribution in [0, 0.1) is 22.7 Å². The second kappa shape index (κ2) is 12.8. The molecule has 2 heterocycles. The molecule has 4 rings (SSSR count). The summed E-state index contributed by atoms with van der Waals surface area (Å²) >= 11 is 0. The van der Waals surface area contributed by atoms with Gasteiger partial charge in [0.1, 0.15) is 0 Å². The van der Waals surface area contributed by atoms with Crippen LogP contribution < -0.4 is 10.0 Å². The van der Waals surface area contributed by atoms with Gasteiger partial charge in [0.05, 0.1) is 16.5 Å². The number of hydrogen-bond acceptors (Lipinski definition) is 8. The first-order valence-corrected chi connectivity index (χ1v) is 16.8. The van der Waals surface area contributed by atoms with Gasteiger partial charge in [0.25, 0.3) is 16.0 Å². The van der Waals surface area contributed by atoms with E-state index in [9.17, 15) is 18.0 Å². The molecule has 1 saturated carbocycles. The van der Waals surface area contributed by atoms with E-state index in [1.165, 1.54) is 0 Å². The van der Waals surface area contributed by atoms with E-state index < -0.39 is 15.9 Å². The van der Waals surface area contributed by atoms with Crippen molar-refractivity contribution in [2.45, 2.75) is 112 Å². The number of sulfonamides is 1. The van der Waals surface area contributed by atoms with E-state index in [4.69, 9.17) is 0 Å². The van der Waals surface area contributed by atoms with Crippen LogP contribution in [-0.4, -0.2) is 51.7 Å². The minimum absolute atomic E-state index is 0.0246. The molecule has 2 aromatic heterocycles. The number of fused-ring (bicyclic) bond motifs is 1. The largest absolute Gasteiger partial charge is 0.353 e. The van der Waals surface area contributed by atoms with E-state index >= 15 is 0 Å². The maximum Gasteiger partial charge on any atom is 0.260 e. The highest BCUT2D eigenvalue weighted by molar-refractivity contribution is 7.94. The molecule has 236 valence electrons. The molecule has 0 aromatic carbocycles. The molecule has 2 aliphatic rings. The second-order valence-electron chi connectivity index (χ2n) is 14.7. The van der Waals surface area contributed by atoms with Gasteiger partial charge in [-0.25, -0.2) is 27.8 Å². The van der Waals surface area contributed by atoms with Gasteiger partial charge in [0.15, 0.2) is 5.65 Å². The van der Waals surface area contributed by atoms with Crippen molar-refractivity contribution in [3.05, 3.63) is 23.4 Å². The fourth-order valence-electron chi connectivity index (χ4n) is 5.71. The number of aromatic nitrogens is 4. The van der Waals surface area contributed by atoms with E-state index in [0.717, 1.165) is 31.1 Å². The molecule has 2 aromatic rings. The summed E-state index contributed by atoms with van der Waals surface area (Å²) in [6, 6.07) is 0.219. The number of nitrogens with one attached hydrogen (secondary N) is 2. The lowest BCUT2D eigenvalue weighted by atomic mass is 9.85. The molecule has 0 saturated heterocycles. The zero-order chi connectivity index (χ0) is 31.6. The lowest BCUT2D eigenvalue weighted by molar-refractivity contribution is -0.124. The Morgan fingerprint density at radius 3 is 2.28 bits per heavy atom. The molecule has 0 aliphatic heterocycles. The molecule has 1 fully saturated rings. The van der Waals surface area contributed by atoms with Gasteiger partial charge < -0.3 is 5.32 Å². The highest BCUT2D eigenvalue weighted by atomic mass is 32.2. The lowest BCUT2D eigenvalue weighted by Crippen LogP contribution is -2.39. The first kappa shape index (κ1) is 32.8. The standard InChI is InChI=1S/C31H47N7O4S/c1-20-8-11-24(14-25(20)43(41,42)37-27(40)16-31(5,6)7)35-29-32-17-22-18-33-38(28(22)36-29)19-21-9-12-23(13-10-21)34-26(39)15-30(2,3)4/h14,17-18,20-21,23H,8-13,15-16,19H2,1-7H3,(H,34,39)(H,37,40). The third kappa shape index (κ3) is 9.42. The first-order valence-electron chi connectivity index (χ1n) is 15.3. The molecule has 0 bridgehead atoms. The van der Waals surface area contributed by atoms with Crippen LogP contribution in [0.15, 0.2) is 28.4 Å². The Balaban J connectivity index is 1.44. The zero-order valence-corrected chi connectivity index (χ0v) is 27.4. The van der Waals surface area contributed by atoms with Gasteiger partial charge in [-0.2, -0.15) is 10.1 Å². The molecule has 0 radical (unpaired) electrons. The topological polar surface area (TPSA) is 148 Å². The molecule has 2 N–H and O–H groups in total. The lowest BCUT2D eigenvalue weighted by Gasteiger charge is -2.30. The van der Waals surface area contributed by atoms with Crippen LogP contribution in [0.3, 0.4) is 0 Å². The third-order valence-corrected chi connectivity index (χ3v) is 9.46. The number of nitrogens with zero attached hydrogens (tertiary/aromatic N) is 5. The molecule has 1 atom stereocenters. The molecule has 43 heavy (non-hydrogen) atoms. The summed E-state index contributed by atoms with van der Waals surface area (Å²) in [5.41, 5.74) is 0.886. The van der Waals surface area contributed by atoms with Gasteiger partial charge in [-0.15, -0.1) is 0 Å². The second-order valence-corrected chi connectivity index (χ2v) is 16.3. The van der Waals surface area contributed by atoms with Crippen LogP contribution >= 0.6 is 0 Å². The summed E-state index contributed by atoms with van der Waals surface area (Å²) in [7, 11) is -3.99. The Morgan fingerprint density at radius 2 is 1.63 bits per heavy atom. The Kier molecular flexibility index (Phi) is 9.78. The fourth-order valence-corrected chi connectivity index (χ4v) is 7.14. The predicted molar refractivity (Wildman–Crippen MR) is 168 cm³/mol. The number of allylic oxidation sites excluding steroid dienone is 2. The van der Waals surface area contributed by atoms with E-state index in [1.807, 2.05) is 32.4 Å². The summed E-state index contributed by atoms with van der Waals surface area (Å²) < 4.78 is 30.3. The van der Waals surface area contributed by atoms with E-state index in [0.29, 0.717) is 43.1 Å². The van der Waals surface area contributed by atoms with Crippen molar-refractivity contribution in [1.29, 1.82) is 0 Å². The highest BCUT2D eigenvalue weighted by Crippen LogP contribution is 2.30. The summed E-state index contributed by atoms with van der Waals surface area (Å²) in [5.74, 6) is 0.0229. The Labute approximate surface area is 255 Å². The molecular formula is C31H47N7O4S. The Bertz CT molecular complexity index is 1500. The molecule has 0 spiro atoms. The predicted octanol–water partition coefficient (Wildman–Crippen LogP) is 5.21. The molecule has 12 heteroatoms. The van der Waals surface area contributed by atoms with Crippen molar-refractivity contribution < 1.29 is 18.0 Å². The number of aliphatic imine (C=N–C) groups is 1. The molecule has 11 nitrogen and oxygen atoms in total. The van der Waals surface area contributed by atoms with Gasteiger partial charge in [0.2, 0.25) is 11.8 Å². The van der Waals surface area contributed by atoms with Crippen LogP contribution in [0.1, 0.15) is 99.8 Å². The smallest absolute Gasteiger partial charge is 0.260 e. The van der Waals surface area contributed by atoms with Crippen molar-refractivity contribution in [2.24, 2.45) is 27.7 Å². The molecule has 2 aliphatic carbocycles. The minimum atomic E-state index is -3.99. The number of carbonyl (C=O) groups excluding carboxylic acids is 2. The summed E-state index contributed by atoms with van der Waals surface area (Å²) in [4.78, 5) is 38.5. The van der Waals surface area contributed by atoms with E-state index in [2.05, 4.69) is 50.9 Å². The monoisotopic (exact) mass is 613 g/mol. The number of rotatable bonds is 8. The van der Waals surface area contributed by atoms with Crippen molar-refractivity contribution in [3.63, 3.8) is 0 Å². The van der Waals surface area contributed by atoms with Gasteiger partial charge in [-0.1, -0.05) is 48.5 Å².